The van der Waals surface area contributed by atoms with E-state index < -0.39 is 6.10 Å². The van der Waals surface area contributed by atoms with E-state index in [1.807, 2.05) is 18.0 Å². The molecule has 0 radical (unpaired) electrons. The Labute approximate surface area is 111 Å². The van der Waals surface area contributed by atoms with Crippen LogP contribution in [0.15, 0.2) is 24.3 Å². The highest BCUT2D eigenvalue weighted by Crippen LogP contribution is 2.22. The normalized spacial score (nSPS) is 22.3. The van der Waals surface area contributed by atoms with Crippen molar-refractivity contribution < 1.29 is 13.9 Å². The van der Waals surface area contributed by atoms with Gasteiger partial charge in [-0.15, -0.1) is 0 Å². The summed E-state index contributed by atoms with van der Waals surface area (Å²) >= 11 is 0. The van der Waals surface area contributed by atoms with E-state index in [4.69, 9.17) is 10.6 Å². The molecule has 6 heteroatoms. The Hall–Kier alpha value is -1.66. The predicted octanol–water partition coefficient (Wildman–Crippen LogP) is 0.799. The second-order valence-corrected chi connectivity index (χ2v) is 4.69. The standard InChI is InChI=1S/C13H18FN3O2/c1-17(10-4-2-3-9(14)7-10)8-11-5-6-12(19-11)13(18)16-15/h2-4,7,11-12H,5-6,8,15H2,1H3,(H,16,18). The van der Waals surface area contributed by atoms with Gasteiger partial charge in [0.2, 0.25) is 0 Å². The maximum atomic E-state index is 13.1. The van der Waals surface area contributed by atoms with E-state index in [9.17, 15) is 9.18 Å². The number of nitrogens with zero attached hydrogens (tertiary/aromatic N) is 1. The van der Waals surface area contributed by atoms with Crippen LogP contribution in [0.2, 0.25) is 0 Å². The van der Waals surface area contributed by atoms with Crippen LogP contribution < -0.4 is 16.2 Å². The van der Waals surface area contributed by atoms with Gasteiger partial charge in [-0.1, -0.05) is 6.07 Å². The van der Waals surface area contributed by atoms with Gasteiger partial charge in [-0.25, -0.2) is 10.2 Å². The number of carbonyl (C=O) groups excluding carboxylic acids is 1. The molecular formula is C13H18FN3O2. The molecule has 1 aliphatic rings. The van der Waals surface area contributed by atoms with Gasteiger partial charge in [0.1, 0.15) is 11.9 Å². The number of hydrogen-bond acceptors (Lipinski definition) is 4. The van der Waals surface area contributed by atoms with Crippen molar-refractivity contribution in [2.24, 2.45) is 5.84 Å². The Morgan fingerprint density at radius 1 is 1.58 bits per heavy atom. The van der Waals surface area contributed by atoms with Gasteiger partial charge in [-0.05, 0) is 31.0 Å². The van der Waals surface area contributed by atoms with Crippen molar-refractivity contribution in [1.29, 1.82) is 0 Å². The molecule has 1 heterocycles. The molecule has 1 aromatic carbocycles. The molecule has 1 fully saturated rings. The van der Waals surface area contributed by atoms with Gasteiger partial charge in [-0.2, -0.15) is 0 Å². The van der Waals surface area contributed by atoms with Crippen LogP contribution >= 0.6 is 0 Å². The summed E-state index contributed by atoms with van der Waals surface area (Å²) in [6.45, 7) is 0.609. The number of ether oxygens (including phenoxy) is 1. The summed E-state index contributed by atoms with van der Waals surface area (Å²) in [6, 6.07) is 6.38. The number of hydrogen-bond donors (Lipinski definition) is 2. The third kappa shape index (κ3) is 3.42. The topological polar surface area (TPSA) is 67.6 Å². The monoisotopic (exact) mass is 267 g/mol. The van der Waals surface area contributed by atoms with Crippen molar-refractivity contribution >= 4 is 11.6 Å². The first-order valence-corrected chi connectivity index (χ1v) is 6.23. The molecule has 0 aromatic heterocycles. The van der Waals surface area contributed by atoms with Gasteiger partial charge in [0.05, 0.1) is 6.10 Å². The molecule has 0 bridgehead atoms. The van der Waals surface area contributed by atoms with Crippen molar-refractivity contribution in [3.8, 4) is 0 Å². The lowest BCUT2D eigenvalue weighted by Crippen LogP contribution is -2.40. The van der Waals surface area contributed by atoms with E-state index in [1.165, 1.54) is 12.1 Å². The van der Waals surface area contributed by atoms with Gasteiger partial charge in [-0.3, -0.25) is 10.2 Å². The molecule has 2 rings (SSSR count). The van der Waals surface area contributed by atoms with Crippen LogP contribution in [-0.2, 0) is 9.53 Å². The molecule has 1 amide bonds. The Bertz CT molecular complexity index is 455. The maximum Gasteiger partial charge on any atom is 0.263 e. The van der Waals surface area contributed by atoms with Gasteiger partial charge >= 0.3 is 0 Å². The van der Waals surface area contributed by atoms with Crippen LogP contribution in [0.25, 0.3) is 0 Å². The maximum absolute atomic E-state index is 13.1. The molecule has 104 valence electrons. The van der Waals surface area contributed by atoms with E-state index >= 15 is 0 Å². The summed E-state index contributed by atoms with van der Waals surface area (Å²) in [5.41, 5.74) is 2.88. The van der Waals surface area contributed by atoms with Crippen molar-refractivity contribution in [1.82, 2.24) is 5.43 Å². The second-order valence-electron chi connectivity index (χ2n) is 4.69. The fourth-order valence-corrected chi connectivity index (χ4v) is 2.25. The number of likely N-dealkylation sites (N-methyl/N-ethyl adjacent to an activating group) is 1. The Morgan fingerprint density at radius 3 is 3.05 bits per heavy atom. The Balaban J connectivity index is 1.90. The number of nitrogens with one attached hydrogen (secondary N) is 1. The molecule has 2 atom stereocenters. The predicted molar refractivity (Wildman–Crippen MR) is 69.9 cm³/mol. The Morgan fingerprint density at radius 2 is 2.37 bits per heavy atom. The number of rotatable bonds is 4. The molecule has 2 unspecified atom stereocenters. The third-order valence-electron chi connectivity index (χ3n) is 3.27. The number of amides is 1. The largest absolute Gasteiger partial charge is 0.372 e. The molecular weight excluding hydrogens is 249 g/mol. The van der Waals surface area contributed by atoms with Gasteiger partial charge in [0.25, 0.3) is 5.91 Å². The minimum absolute atomic E-state index is 0.0458. The minimum Gasteiger partial charge on any atom is -0.372 e. The van der Waals surface area contributed by atoms with Crippen molar-refractivity contribution in [3.05, 3.63) is 30.1 Å². The zero-order valence-electron chi connectivity index (χ0n) is 10.8. The zero-order valence-corrected chi connectivity index (χ0v) is 10.8. The fourth-order valence-electron chi connectivity index (χ4n) is 2.25. The van der Waals surface area contributed by atoms with Gasteiger partial charge < -0.3 is 9.64 Å². The van der Waals surface area contributed by atoms with Crippen molar-refractivity contribution in [2.75, 3.05) is 18.5 Å². The molecule has 19 heavy (non-hydrogen) atoms. The smallest absolute Gasteiger partial charge is 0.263 e. The summed E-state index contributed by atoms with van der Waals surface area (Å²) in [5.74, 6) is 4.51. The van der Waals surface area contributed by atoms with Gasteiger partial charge in [0, 0.05) is 19.3 Å². The lowest BCUT2D eigenvalue weighted by molar-refractivity contribution is -0.131. The molecule has 1 aromatic rings. The van der Waals surface area contributed by atoms with Gasteiger partial charge in [0.15, 0.2) is 0 Å². The molecule has 0 aliphatic carbocycles. The van der Waals surface area contributed by atoms with E-state index in [2.05, 4.69) is 5.43 Å². The molecule has 1 saturated heterocycles. The van der Waals surface area contributed by atoms with E-state index in [1.54, 1.807) is 6.07 Å². The molecule has 5 nitrogen and oxygen atoms in total. The number of carbonyl (C=O) groups is 1. The highest BCUT2D eigenvalue weighted by atomic mass is 19.1. The number of anilines is 1. The molecule has 0 saturated carbocycles. The summed E-state index contributed by atoms with van der Waals surface area (Å²) < 4.78 is 18.7. The highest BCUT2D eigenvalue weighted by Gasteiger charge is 2.30. The van der Waals surface area contributed by atoms with E-state index in [0.29, 0.717) is 13.0 Å². The lowest BCUT2D eigenvalue weighted by atomic mass is 10.2. The molecule has 3 N–H and O–H groups in total. The summed E-state index contributed by atoms with van der Waals surface area (Å²) in [6.07, 6.45) is 0.925. The van der Waals surface area contributed by atoms with E-state index in [0.717, 1.165) is 12.1 Å². The number of benzene rings is 1. The average molecular weight is 267 g/mol. The average Bonchev–Trinajstić information content (AvgIpc) is 2.86. The fraction of sp³-hybridized carbons (Fsp3) is 0.462. The first kappa shape index (κ1) is 13.8. The van der Waals surface area contributed by atoms with Crippen molar-refractivity contribution in [2.45, 2.75) is 25.0 Å². The van der Waals surface area contributed by atoms with Crippen LogP contribution in [0, 0.1) is 5.82 Å². The Kier molecular flexibility index (Phi) is 4.34. The highest BCUT2D eigenvalue weighted by molar-refractivity contribution is 5.80. The first-order valence-electron chi connectivity index (χ1n) is 6.23. The SMILES string of the molecule is CN(CC1CCC(C(=O)NN)O1)c1cccc(F)c1. The summed E-state index contributed by atoms with van der Waals surface area (Å²) in [7, 11) is 1.87. The first-order chi connectivity index (χ1) is 9.10. The van der Waals surface area contributed by atoms with Crippen molar-refractivity contribution in [3.63, 3.8) is 0 Å². The van der Waals surface area contributed by atoms with Crippen LogP contribution in [0.4, 0.5) is 10.1 Å². The van der Waals surface area contributed by atoms with Crippen LogP contribution in [0.1, 0.15) is 12.8 Å². The molecule has 1 aliphatic heterocycles. The van der Waals surface area contributed by atoms with E-state index in [-0.39, 0.29) is 17.8 Å². The number of hydrazine groups is 1. The third-order valence-corrected chi connectivity index (χ3v) is 3.27. The number of halogens is 1. The quantitative estimate of drug-likeness (QED) is 0.481. The zero-order chi connectivity index (χ0) is 13.8. The lowest BCUT2D eigenvalue weighted by Gasteiger charge is -2.23. The minimum atomic E-state index is -0.476. The summed E-state index contributed by atoms with van der Waals surface area (Å²) in [5, 5.41) is 0. The summed E-state index contributed by atoms with van der Waals surface area (Å²) in [4.78, 5) is 13.2. The van der Waals surface area contributed by atoms with Crippen LogP contribution in [0.5, 0.6) is 0 Å². The number of nitrogens with two attached hydrogens (primary N) is 1. The van der Waals surface area contributed by atoms with Crippen LogP contribution in [0.3, 0.4) is 0 Å². The van der Waals surface area contributed by atoms with Crippen LogP contribution in [-0.4, -0.2) is 31.7 Å². The second kappa shape index (κ2) is 5.99. The molecule has 0 spiro atoms.